The number of fused-ring (bicyclic) bond motifs is 2. The van der Waals surface area contributed by atoms with E-state index in [1.165, 1.54) is 31.2 Å². The van der Waals surface area contributed by atoms with Crippen LogP contribution in [0, 0.1) is 5.92 Å². The molecule has 4 aromatic carbocycles. The van der Waals surface area contributed by atoms with Gasteiger partial charge in [-0.2, -0.15) is 0 Å². The highest BCUT2D eigenvalue weighted by Crippen LogP contribution is 2.30. The molecule has 0 saturated carbocycles. The number of rotatable bonds is 16. The van der Waals surface area contributed by atoms with Crippen LogP contribution in [-0.2, 0) is 33.5 Å². The average Bonchev–Trinajstić information content (AvgIpc) is 3.26. The highest BCUT2D eigenvalue weighted by Gasteiger charge is 2.50. The topological polar surface area (TPSA) is 387 Å². The van der Waals surface area contributed by atoms with Crippen LogP contribution in [0.5, 0.6) is 11.5 Å². The largest absolute Gasteiger partial charge is 0.508 e. The smallest absolute Gasteiger partial charge is 0.251 e. The molecule has 25 heteroatoms. The van der Waals surface area contributed by atoms with E-state index in [4.69, 9.17) is 9.47 Å². The number of aliphatic hydroxyl groups is 8. The van der Waals surface area contributed by atoms with Crippen LogP contribution < -0.4 is 31.3 Å². The highest BCUT2D eigenvalue weighted by atomic mass is 16.5. The van der Waals surface area contributed by atoms with Gasteiger partial charge in [-0.25, -0.2) is 0 Å². The van der Waals surface area contributed by atoms with E-state index in [9.17, 15) is 79.5 Å². The van der Waals surface area contributed by atoms with Crippen molar-refractivity contribution in [2.24, 2.45) is 5.92 Å². The molecule has 0 unspecified atom stereocenters. The molecule has 3 heterocycles. The van der Waals surface area contributed by atoms with Crippen LogP contribution in [0.3, 0.4) is 0 Å². The number of aliphatic hydroxyl groups excluding tert-OH is 8. The number of hydrogen-bond donors (Lipinski definition) is 14. The van der Waals surface area contributed by atoms with E-state index in [2.05, 4.69) is 33.5 Å². The predicted molar refractivity (Wildman–Crippen MR) is 300 cm³/mol. The Morgan fingerprint density at radius 3 is 1.74 bits per heavy atom. The molecule has 454 valence electrons. The lowest BCUT2D eigenvalue weighted by Gasteiger charge is -2.34. The first-order valence-corrected chi connectivity index (χ1v) is 27.9. The molecule has 0 aliphatic carbocycles. The van der Waals surface area contributed by atoms with Gasteiger partial charge >= 0.3 is 0 Å². The molecule has 0 aromatic heterocycles. The van der Waals surface area contributed by atoms with Gasteiger partial charge in [0, 0.05) is 44.0 Å². The number of amides is 7. The molecule has 0 spiro atoms. The Hall–Kier alpha value is -7.59. The third kappa shape index (κ3) is 15.6. The molecule has 3 fully saturated rings. The Morgan fingerprint density at radius 2 is 1.17 bits per heavy atom. The van der Waals surface area contributed by atoms with Gasteiger partial charge in [0.2, 0.25) is 35.4 Å². The molecule has 7 amide bonds. The van der Waals surface area contributed by atoms with Crippen molar-refractivity contribution in [2.75, 3.05) is 32.9 Å². The standard InChI is InChI=1S/C59H75N7O18/c1-5-6-23-83-24-25-84-41-21-17-36(18-22-41)34-9-7-33(8-10-34)35-11-13-38(14-12-35)52(75)60-42-27-44(71)55(78)64-57(80)48-49(72)30(2)28-66(48)59(82)46(32(4)68)62-56(79)47(51(74)50(73)37-15-19-39(69)20-16-37)63-54(77)43-26-40(70)29-65(43)58(81)45(31(3)67)61-53(42)76/h7-22,30-32,40,42-51,55,67-74,78H,5-6,23-29H2,1-4H3,(H,60,75)(H,61,76)(H,62,79)(H,63,77)(H,64,80)/t30-,31+,32+,40+,42-,43-,44+,45-,46-,47-,48-,49-,50-,51-,55+/m0/s1. The van der Waals surface area contributed by atoms with Gasteiger partial charge in [-0.05, 0) is 84.5 Å². The molecule has 14 N–H and O–H groups in total. The number of aromatic hydroxyl groups is 1. The average molecular weight is 1170 g/mol. The van der Waals surface area contributed by atoms with Gasteiger partial charge < -0.3 is 91.8 Å². The van der Waals surface area contributed by atoms with Crippen molar-refractivity contribution in [2.45, 2.75) is 139 Å². The van der Waals surface area contributed by atoms with E-state index in [1.807, 2.05) is 48.5 Å². The summed E-state index contributed by atoms with van der Waals surface area (Å²) in [4.78, 5) is 102. The summed E-state index contributed by atoms with van der Waals surface area (Å²) in [5, 5.41) is 111. The predicted octanol–water partition coefficient (Wildman–Crippen LogP) is -1.30. The summed E-state index contributed by atoms with van der Waals surface area (Å²) in [6.45, 7) is 6.40. The van der Waals surface area contributed by atoms with Crippen molar-refractivity contribution >= 4 is 41.4 Å². The minimum atomic E-state index is -2.30. The normalized spacial score (nSPS) is 27.2. The SMILES string of the molecule is CCCCOCCOc1ccc(-c2ccc(-c3ccc(C(=O)N[C@H]4C[C@@H](O)[C@@H](O)NC(=O)[C@@H]5[C@@H](O)[C@@H](C)CN5C(=O)[C@H]([C@@H](C)O)NC(=O)[C@H]([C@H](O)[C@@H](O)c5ccc(O)cc5)NC(=O)[C@@H]5C[C@@H](O)CN5C(=O)[C@H]([C@@H](C)O)NC4=O)cc3)cc2)cc1. The summed E-state index contributed by atoms with van der Waals surface area (Å²) in [5.74, 6) is -8.77. The second kappa shape index (κ2) is 28.8. The quantitative estimate of drug-likeness (QED) is 0.0580. The second-order valence-electron chi connectivity index (χ2n) is 21.5. The first-order chi connectivity index (χ1) is 40.0. The van der Waals surface area contributed by atoms with Gasteiger partial charge in [0.1, 0.15) is 72.7 Å². The van der Waals surface area contributed by atoms with Crippen molar-refractivity contribution in [1.29, 1.82) is 0 Å². The molecule has 3 aliphatic rings. The van der Waals surface area contributed by atoms with Gasteiger partial charge in [0.05, 0.1) is 31.0 Å². The highest BCUT2D eigenvalue weighted by molar-refractivity contribution is 6.00. The lowest BCUT2D eigenvalue weighted by atomic mass is 9.96. The fourth-order valence-electron chi connectivity index (χ4n) is 10.2. The van der Waals surface area contributed by atoms with Gasteiger partial charge in [0.25, 0.3) is 5.91 Å². The number of carbonyl (C=O) groups is 7. The van der Waals surface area contributed by atoms with Crippen molar-refractivity contribution in [1.82, 2.24) is 36.4 Å². The maximum atomic E-state index is 14.5. The number of hydrogen-bond acceptors (Lipinski definition) is 18. The fourth-order valence-corrected chi connectivity index (χ4v) is 10.2. The van der Waals surface area contributed by atoms with Crippen LogP contribution in [-0.4, -0.2) is 209 Å². The zero-order chi connectivity index (χ0) is 61.1. The van der Waals surface area contributed by atoms with Crippen LogP contribution in [0.25, 0.3) is 22.3 Å². The zero-order valence-electron chi connectivity index (χ0n) is 46.9. The number of unbranched alkanes of at least 4 members (excludes halogenated alkanes) is 1. The minimum absolute atomic E-state index is 0.00309. The van der Waals surface area contributed by atoms with E-state index in [0.29, 0.717) is 31.1 Å². The lowest BCUT2D eigenvalue weighted by molar-refractivity contribution is -0.148. The molecular weight excluding hydrogens is 1090 g/mol. The number of benzene rings is 4. The van der Waals surface area contributed by atoms with Gasteiger partial charge in [-0.15, -0.1) is 0 Å². The van der Waals surface area contributed by atoms with E-state index in [0.717, 1.165) is 65.3 Å². The van der Waals surface area contributed by atoms with Crippen molar-refractivity contribution in [3.8, 4) is 33.8 Å². The van der Waals surface area contributed by atoms with Crippen molar-refractivity contribution in [3.63, 3.8) is 0 Å². The van der Waals surface area contributed by atoms with Crippen LogP contribution in [0.4, 0.5) is 0 Å². The van der Waals surface area contributed by atoms with Crippen molar-refractivity contribution in [3.05, 3.63) is 108 Å². The van der Waals surface area contributed by atoms with Crippen LogP contribution in [0.1, 0.15) is 75.4 Å². The van der Waals surface area contributed by atoms with Gasteiger partial charge in [-0.1, -0.05) is 80.9 Å². The fraction of sp³-hybridized carbons (Fsp3) is 0.475. The van der Waals surface area contributed by atoms with Crippen molar-refractivity contribution < 1.29 is 89.0 Å². The number of ether oxygens (including phenoxy) is 2. The van der Waals surface area contributed by atoms with E-state index in [1.54, 1.807) is 12.1 Å². The summed E-state index contributed by atoms with van der Waals surface area (Å²) >= 11 is 0. The molecule has 3 aliphatic heterocycles. The molecule has 25 nitrogen and oxygen atoms in total. The second-order valence-corrected chi connectivity index (χ2v) is 21.5. The summed E-state index contributed by atoms with van der Waals surface area (Å²) in [5.41, 5.74) is 3.29. The van der Waals surface area contributed by atoms with E-state index >= 15 is 0 Å². The maximum Gasteiger partial charge on any atom is 0.251 e. The van der Waals surface area contributed by atoms with E-state index < -0.39 is 152 Å². The van der Waals surface area contributed by atoms with E-state index in [-0.39, 0.29) is 23.4 Å². The molecule has 15 atom stereocenters. The molecule has 3 saturated heterocycles. The third-order valence-corrected chi connectivity index (χ3v) is 15.2. The Balaban J connectivity index is 1.16. The molecule has 0 radical (unpaired) electrons. The summed E-state index contributed by atoms with van der Waals surface area (Å²) < 4.78 is 11.4. The monoisotopic (exact) mass is 1170 g/mol. The molecule has 7 rings (SSSR count). The number of carbonyl (C=O) groups excluding carboxylic acids is 7. The zero-order valence-corrected chi connectivity index (χ0v) is 46.9. The Bertz CT molecular complexity index is 2910. The summed E-state index contributed by atoms with van der Waals surface area (Å²) in [7, 11) is 0. The summed E-state index contributed by atoms with van der Waals surface area (Å²) in [6, 6.07) is 14.5. The molecule has 84 heavy (non-hydrogen) atoms. The Kier molecular flexibility index (Phi) is 21.9. The molecular formula is C59H75N7O18. The van der Waals surface area contributed by atoms with Gasteiger partial charge in [-0.3, -0.25) is 33.6 Å². The number of nitrogens with one attached hydrogen (secondary N) is 5. The number of phenols is 1. The minimum Gasteiger partial charge on any atom is -0.508 e. The molecule has 0 bridgehead atoms. The first kappa shape index (κ1) is 64.0. The van der Waals surface area contributed by atoms with Crippen LogP contribution in [0.15, 0.2) is 97.1 Å². The summed E-state index contributed by atoms with van der Waals surface area (Å²) in [6.07, 6.45) is -14.8. The van der Waals surface area contributed by atoms with Gasteiger partial charge in [0.15, 0.2) is 6.23 Å². The van der Waals surface area contributed by atoms with Crippen LogP contribution >= 0.6 is 0 Å². The number of phenolic OH excluding ortho intramolecular Hbond substituents is 1. The number of nitrogens with zero attached hydrogens (tertiary/aromatic N) is 2. The molecule has 4 aromatic rings. The third-order valence-electron chi connectivity index (χ3n) is 15.2. The van der Waals surface area contributed by atoms with Crippen LogP contribution in [0.2, 0.25) is 0 Å². The maximum absolute atomic E-state index is 14.5. The Labute approximate surface area is 484 Å². The first-order valence-electron chi connectivity index (χ1n) is 27.9. The lowest BCUT2D eigenvalue weighted by Crippen LogP contribution is -2.64. The Morgan fingerprint density at radius 1 is 0.631 bits per heavy atom.